The fourth-order valence-corrected chi connectivity index (χ4v) is 16.9. The Kier molecular flexibility index (Phi) is 9.21. The molecule has 0 saturated carbocycles. The van der Waals surface area contributed by atoms with Gasteiger partial charge in [-0.2, -0.15) is 0 Å². The molecule has 0 unspecified atom stereocenters. The van der Waals surface area contributed by atoms with Crippen molar-refractivity contribution in [2.45, 2.75) is 33.6 Å². The van der Waals surface area contributed by atoms with Crippen molar-refractivity contribution in [1.29, 1.82) is 0 Å². The summed E-state index contributed by atoms with van der Waals surface area (Å²) in [6.07, 6.45) is 4.73. The van der Waals surface area contributed by atoms with Crippen molar-refractivity contribution in [2.75, 3.05) is 32.0 Å². The van der Waals surface area contributed by atoms with E-state index in [0.29, 0.717) is 14.7 Å². The van der Waals surface area contributed by atoms with Crippen molar-refractivity contribution in [3.63, 3.8) is 0 Å². The Morgan fingerprint density at radius 1 is 0.731 bits per heavy atom. The first-order valence-corrected chi connectivity index (χ1v) is 15.9. The van der Waals surface area contributed by atoms with E-state index in [4.69, 9.17) is 12.2 Å². The molecular weight excluding hydrogens is 420 g/mol. The summed E-state index contributed by atoms with van der Waals surface area (Å²) in [6, 6.07) is 21.8. The molecule has 0 aliphatic heterocycles. The number of quaternary nitrogens is 1. The van der Waals surface area contributed by atoms with Gasteiger partial charge in [0, 0.05) is 0 Å². The molecule has 0 aromatic heterocycles. The van der Waals surface area contributed by atoms with E-state index in [9.17, 15) is 0 Å². The van der Waals surface area contributed by atoms with E-state index in [2.05, 4.69) is 81.4 Å². The Morgan fingerprint density at radius 3 is 1.46 bits per heavy atom. The quantitative estimate of drug-likeness (QED) is 0.289. The zero-order valence-electron chi connectivity index (χ0n) is 16.4. The van der Waals surface area contributed by atoms with Crippen molar-refractivity contribution in [1.82, 2.24) is 0 Å². The predicted molar refractivity (Wildman–Crippen MR) is 122 cm³/mol. The van der Waals surface area contributed by atoms with Gasteiger partial charge in [0.1, 0.15) is 0 Å². The molecule has 0 atom stereocenters. The second kappa shape index (κ2) is 10.9. The average Bonchev–Trinajstić information content (AvgIpc) is 2.71. The molecule has 0 fully saturated rings. The van der Waals surface area contributed by atoms with Crippen LogP contribution in [-0.2, 0) is 12.8 Å². The number of hydrogen-bond acceptors (Lipinski definition) is 0. The van der Waals surface area contributed by atoms with Gasteiger partial charge in [-0.25, -0.2) is 0 Å². The molecule has 0 heterocycles. The molecule has 1 radical (unpaired) electrons. The molecule has 26 heavy (non-hydrogen) atoms. The fraction of sp³-hybridized carbons (Fsp3) is 0.455. The van der Waals surface area contributed by atoms with Crippen LogP contribution in [0.5, 0.6) is 0 Å². The monoisotopic (exact) mass is 454 g/mol. The minimum atomic E-state index is -1.35. The third-order valence-electron chi connectivity index (χ3n) is 5.22. The summed E-state index contributed by atoms with van der Waals surface area (Å²) in [7, 11) is 0. The summed E-state index contributed by atoms with van der Waals surface area (Å²) in [6.45, 7) is 10.7. The zero-order valence-corrected chi connectivity index (χ0v) is 19.9. The van der Waals surface area contributed by atoms with Crippen molar-refractivity contribution in [3.05, 3.63) is 71.8 Å². The molecule has 0 amide bonds. The average molecular weight is 454 g/mol. The number of nitrogens with zero attached hydrogens (tertiary/aromatic N) is 1. The van der Waals surface area contributed by atoms with Crippen LogP contribution in [0.3, 0.4) is 0 Å². The van der Waals surface area contributed by atoms with Gasteiger partial charge in [-0.05, 0) is 0 Å². The van der Waals surface area contributed by atoms with Crippen molar-refractivity contribution >= 4 is 32.1 Å². The zero-order chi connectivity index (χ0) is 18.9. The van der Waals surface area contributed by atoms with Gasteiger partial charge >= 0.3 is 173 Å². The molecule has 0 bridgehead atoms. The predicted octanol–water partition coefficient (Wildman–Crippen LogP) is 6.01. The standard InChI is InChI=1S/C22H33NPSSe/c1-4-23(5-2,6-3)26-24(25,19-17-21-13-9-7-10-14-21)20-18-22-15-11-8-12-16-22/h7-16H,4-6,17-20H2,1-3H3/q+2. The first-order valence-electron chi connectivity index (χ1n) is 9.78. The Balaban J connectivity index is 2.12. The number of rotatable bonds is 11. The summed E-state index contributed by atoms with van der Waals surface area (Å²) in [5.74, 6) is 0. The van der Waals surface area contributed by atoms with Gasteiger partial charge in [-0.1, -0.05) is 0 Å². The van der Waals surface area contributed by atoms with Crippen LogP contribution in [0, 0.1) is 0 Å². The van der Waals surface area contributed by atoms with Gasteiger partial charge in [0.05, 0.1) is 0 Å². The summed E-state index contributed by atoms with van der Waals surface area (Å²) < 4.78 is 1.24. The van der Waals surface area contributed by atoms with Gasteiger partial charge in [0.2, 0.25) is 0 Å². The van der Waals surface area contributed by atoms with Crippen LogP contribution in [0.1, 0.15) is 31.9 Å². The molecule has 0 saturated heterocycles. The van der Waals surface area contributed by atoms with E-state index in [1.807, 2.05) is 0 Å². The van der Waals surface area contributed by atoms with Crippen LogP contribution >= 0.6 is 17.4 Å². The molecule has 2 aromatic rings. The fourth-order valence-electron chi connectivity index (χ4n) is 3.24. The Bertz CT molecular complexity index is 579. The third-order valence-corrected chi connectivity index (χ3v) is 17.8. The van der Waals surface area contributed by atoms with Crippen LogP contribution in [0.25, 0.3) is 0 Å². The third kappa shape index (κ3) is 6.70. The maximum atomic E-state index is 6.47. The SMILES string of the molecule is CC[N+](CC)(CC)[Se][P+]([S])(CCc1ccccc1)CCc1ccccc1. The van der Waals surface area contributed by atoms with E-state index in [1.165, 1.54) is 46.6 Å². The van der Waals surface area contributed by atoms with E-state index in [0.717, 1.165) is 12.8 Å². The molecule has 1 nitrogen and oxygen atoms in total. The van der Waals surface area contributed by atoms with Crippen LogP contribution < -0.4 is 0 Å². The second-order valence-corrected chi connectivity index (χ2v) is 20.2. The normalized spacial score (nSPS) is 12.3. The summed E-state index contributed by atoms with van der Waals surface area (Å²) in [4.78, 5) is 0. The first kappa shape index (κ1) is 22.0. The first-order chi connectivity index (χ1) is 12.5. The van der Waals surface area contributed by atoms with Gasteiger partial charge in [-0.3, -0.25) is 0 Å². The van der Waals surface area contributed by atoms with E-state index in [1.54, 1.807) is 0 Å². The van der Waals surface area contributed by atoms with Crippen LogP contribution in [0.2, 0.25) is 0 Å². The Morgan fingerprint density at radius 2 is 1.12 bits per heavy atom. The summed E-state index contributed by atoms with van der Waals surface area (Å²) >= 11 is 6.99. The Hall–Kier alpha value is -0.301. The van der Waals surface area contributed by atoms with Gasteiger partial charge < -0.3 is 0 Å². The van der Waals surface area contributed by atoms with E-state index >= 15 is 0 Å². The van der Waals surface area contributed by atoms with Gasteiger partial charge in [0.25, 0.3) is 0 Å². The van der Waals surface area contributed by atoms with Crippen molar-refractivity contribution < 1.29 is 3.50 Å². The van der Waals surface area contributed by atoms with Crippen molar-refractivity contribution in [2.24, 2.45) is 0 Å². The molecule has 0 aliphatic carbocycles. The summed E-state index contributed by atoms with van der Waals surface area (Å²) in [5.41, 5.74) is 2.89. The number of aryl methyl sites for hydroxylation is 2. The Labute approximate surface area is 172 Å². The maximum absolute atomic E-state index is 6.47. The molecular formula is C22H33NPSSe+2. The van der Waals surface area contributed by atoms with Gasteiger partial charge in [0.15, 0.2) is 0 Å². The number of hydrogen-bond donors (Lipinski definition) is 0. The molecule has 2 aromatic carbocycles. The van der Waals surface area contributed by atoms with Crippen molar-refractivity contribution in [3.8, 4) is 0 Å². The molecule has 4 heteroatoms. The molecule has 0 N–H and O–H groups in total. The van der Waals surface area contributed by atoms with Crippen LogP contribution in [-0.4, -0.2) is 50.2 Å². The van der Waals surface area contributed by atoms with E-state index < -0.39 is 5.15 Å². The molecule has 141 valence electrons. The topological polar surface area (TPSA) is 0 Å². The molecule has 0 aliphatic rings. The van der Waals surface area contributed by atoms with Crippen LogP contribution in [0.15, 0.2) is 60.7 Å². The molecule has 2 rings (SSSR count). The second-order valence-electron chi connectivity index (χ2n) is 6.82. The summed E-state index contributed by atoms with van der Waals surface area (Å²) in [5, 5.41) is -1.35. The van der Waals surface area contributed by atoms with E-state index in [-0.39, 0.29) is 0 Å². The minimum absolute atomic E-state index is 0.518. The van der Waals surface area contributed by atoms with Gasteiger partial charge in [-0.15, -0.1) is 0 Å². The molecule has 0 spiro atoms. The van der Waals surface area contributed by atoms with Crippen LogP contribution in [0.4, 0.5) is 0 Å². The number of benzene rings is 2.